The molecule has 0 spiro atoms. The molecule has 1 aliphatic heterocycles. The Morgan fingerprint density at radius 3 is 2.38 bits per heavy atom. The number of piperazine rings is 1. The van der Waals surface area contributed by atoms with E-state index in [1.165, 1.54) is 18.1 Å². The molecule has 1 aliphatic rings. The van der Waals surface area contributed by atoms with Crippen LogP contribution in [-0.2, 0) is 0 Å². The second-order valence-corrected chi connectivity index (χ2v) is 10.4. The van der Waals surface area contributed by atoms with E-state index in [0.29, 0.717) is 53.1 Å². The summed E-state index contributed by atoms with van der Waals surface area (Å²) in [5.74, 6) is 0.849. The van der Waals surface area contributed by atoms with E-state index in [1.54, 1.807) is 60.4 Å². The number of pyridine rings is 1. The summed E-state index contributed by atoms with van der Waals surface area (Å²) in [5.41, 5.74) is 0.237. The van der Waals surface area contributed by atoms with Gasteiger partial charge in [0.25, 0.3) is 11.8 Å². The lowest BCUT2D eigenvalue weighted by atomic mass is 9.98. The standard InChI is InChI=1S/C28H29ClN6O5/c1-28(2)15-33(9-10-34(28)27(37)24-30-16-35(32-24)19-8-6-7-18(29)13-19)26(36)21-11-17-12-22(38-3)23(39-4)14-20(17)25(31-21)40-5/h6-8,11-14,16H,9-10,15H2,1-5H3. The number of fused-ring (bicyclic) bond motifs is 1. The zero-order valence-corrected chi connectivity index (χ0v) is 23.6. The van der Waals surface area contributed by atoms with Gasteiger partial charge < -0.3 is 24.0 Å². The molecule has 1 fully saturated rings. The van der Waals surface area contributed by atoms with Crippen molar-refractivity contribution >= 4 is 34.2 Å². The number of amides is 2. The summed E-state index contributed by atoms with van der Waals surface area (Å²) in [5, 5.41) is 6.34. The van der Waals surface area contributed by atoms with Gasteiger partial charge in [-0.2, -0.15) is 0 Å². The number of benzene rings is 2. The monoisotopic (exact) mass is 564 g/mol. The molecule has 0 saturated carbocycles. The van der Waals surface area contributed by atoms with Crippen molar-refractivity contribution in [3.8, 4) is 23.1 Å². The third-order valence-corrected chi connectivity index (χ3v) is 7.14. The van der Waals surface area contributed by atoms with E-state index in [-0.39, 0.29) is 23.3 Å². The molecule has 5 rings (SSSR count). The smallest absolute Gasteiger partial charge is 0.294 e. The predicted octanol–water partition coefficient (Wildman–Crippen LogP) is 3.87. The Bertz CT molecular complexity index is 1600. The highest BCUT2D eigenvalue weighted by molar-refractivity contribution is 6.30. The number of carbonyl (C=O) groups is 2. The van der Waals surface area contributed by atoms with E-state index >= 15 is 0 Å². The highest BCUT2D eigenvalue weighted by Crippen LogP contribution is 2.36. The summed E-state index contributed by atoms with van der Waals surface area (Å²) < 4.78 is 17.8. The molecule has 40 heavy (non-hydrogen) atoms. The Morgan fingerprint density at radius 1 is 0.950 bits per heavy atom. The minimum Gasteiger partial charge on any atom is -0.493 e. The summed E-state index contributed by atoms with van der Waals surface area (Å²) in [6.45, 7) is 4.73. The van der Waals surface area contributed by atoms with Gasteiger partial charge in [0.1, 0.15) is 12.0 Å². The number of hydrogen-bond donors (Lipinski definition) is 0. The van der Waals surface area contributed by atoms with Crippen LogP contribution in [0.5, 0.6) is 17.4 Å². The lowest BCUT2D eigenvalue weighted by Gasteiger charge is -2.46. The third-order valence-electron chi connectivity index (χ3n) is 6.90. The van der Waals surface area contributed by atoms with Crippen molar-refractivity contribution in [1.29, 1.82) is 0 Å². The lowest BCUT2D eigenvalue weighted by Crippen LogP contribution is -2.62. The van der Waals surface area contributed by atoms with E-state index in [1.807, 2.05) is 19.9 Å². The molecule has 2 aromatic heterocycles. The van der Waals surface area contributed by atoms with Crippen molar-refractivity contribution in [3.05, 3.63) is 65.3 Å². The van der Waals surface area contributed by atoms with Crippen LogP contribution in [0.4, 0.5) is 0 Å². The van der Waals surface area contributed by atoms with Crippen LogP contribution in [0, 0.1) is 0 Å². The van der Waals surface area contributed by atoms with Crippen molar-refractivity contribution in [2.75, 3.05) is 41.0 Å². The third kappa shape index (κ3) is 5.00. The van der Waals surface area contributed by atoms with E-state index in [9.17, 15) is 9.59 Å². The Labute approximate surface area is 236 Å². The van der Waals surface area contributed by atoms with E-state index in [2.05, 4.69) is 15.1 Å². The van der Waals surface area contributed by atoms with Gasteiger partial charge in [-0.05, 0) is 55.6 Å². The first-order valence-corrected chi connectivity index (χ1v) is 12.9. The minimum absolute atomic E-state index is 0.0677. The Morgan fingerprint density at radius 2 is 1.70 bits per heavy atom. The number of nitrogens with zero attached hydrogens (tertiary/aromatic N) is 6. The fourth-order valence-electron chi connectivity index (χ4n) is 4.91. The van der Waals surface area contributed by atoms with Gasteiger partial charge in [0.05, 0.1) is 32.6 Å². The van der Waals surface area contributed by atoms with Gasteiger partial charge in [0.2, 0.25) is 11.7 Å². The fourth-order valence-corrected chi connectivity index (χ4v) is 5.09. The molecule has 0 bridgehead atoms. The molecule has 2 aromatic carbocycles. The Hall–Kier alpha value is -4.38. The molecule has 0 N–H and O–H groups in total. The van der Waals surface area contributed by atoms with Crippen LogP contribution in [0.2, 0.25) is 5.02 Å². The highest BCUT2D eigenvalue weighted by Gasteiger charge is 2.40. The molecule has 11 nitrogen and oxygen atoms in total. The van der Waals surface area contributed by atoms with E-state index in [4.69, 9.17) is 25.8 Å². The van der Waals surface area contributed by atoms with Gasteiger partial charge in [-0.3, -0.25) is 9.59 Å². The summed E-state index contributed by atoms with van der Waals surface area (Å²) in [7, 11) is 4.60. The normalized spacial score (nSPS) is 14.8. The van der Waals surface area contributed by atoms with Crippen LogP contribution < -0.4 is 14.2 Å². The number of hydrogen-bond acceptors (Lipinski definition) is 8. The number of methoxy groups -OCH3 is 3. The molecular formula is C28H29ClN6O5. The summed E-state index contributed by atoms with van der Waals surface area (Å²) in [6, 6.07) is 12.4. The maximum Gasteiger partial charge on any atom is 0.294 e. The van der Waals surface area contributed by atoms with Gasteiger partial charge in [0.15, 0.2) is 11.5 Å². The average Bonchev–Trinajstić information content (AvgIpc) is 3.45. The molecule has 0 aliphatic carbocycles. The number of aromatic nitrogens is 4. The topological polar surface area (TPSA) is 112 Å². The molecule has 0 unspecified atom stereocenters. The van der Waals surface area contributed by atoms with Gasteiger partial charge in [-0.1, -0.05) is 17.7 Å². The number of halogens is 1. The Kier molecular flexibility index (Phi) is 7.24. The van der Waals surface area contributed by atoms with Crippen LogP contribution in [-0.4, -0.2) is 87.9 Å². The summed E-state index contributed by atoms with van der Waals surface area (Å²) >= 11 is 6.09. The van der Waals surface area contributed by atoms with Crippen molar-refractivity contribution in [1.82, 2.24) is 29.5 Å². The number of carbonyl (C=O) groups excluding carboxylic acids is 2. The first-order chi connectivity index (χ1) is 19.1. The van der Waals surface area contributed by atoms with E-state index < -0.39 is 5.54 Å². The van der Waals surface area contributed by atoms with Crippen LogP contribution in [0.3, 0.4) is 0 Å². The van der Waals surface area contributed by atoms with Crippen LogP contribution in [0.25, 0.3) is 16.5 Å². The van der Waals surface area contributed by atoms with Gasteiger partial charge >= 0.3 is 0 Å². The second kappa shape index (κ2) is 10.6. The zero-order valence-electron chi connectivity index (χ0n) is 22.8. The van der Waals surface area contributed by atoms with Gasteiger partial charge in [-0.25, -0.2) is 14.6 Å². The average molecular weight is 565 g/mol. The molecular weight excluding hydrogens is 536 g/mol. The first kappa shape index (κ1) is 27.2. The minimum atomic E-state index is -0.690. The quantitative estimate of drug-likeness (QED) is 0.347. The van der Waals surface area contributed by atoms with E-state index in [0.717, 1.165) is 5.39 Å². The second-order valence-electron chi connectivity index (χ2n) is 9.93. The van der Waals surface area contributed by atoms with Crippen molar-refractivity contribution in [2.24, 2.45) is 0 Å². The molecule has 208 valence electrons. The summed E-state index contributed by atoms with van der Waals surface area (Å²) in [6.07, 6.45) is 1.48. The summed E-state index contributed by atoms with van der Waals surface area (Å²) in [4.78, 5) is 39.2. The maximum atomic E-state index is 13.6. The Balaban J connectivity index is 1.36. The lowest BCUT2D eigenvalue weighted by molar-refractivity contribution is 0.0158. The maximum absolute atomic E-state index is 13.6. The molecule has 1 saturated heterocycles. The molecule has 2 amide bonds. The van der Waals surface area contributed by atoms with Crippen molar-refractivity contribution in [2.45, 2.75) is 19.4 Å². The molecule has 0 atom stereocenters. The number of ether oxygens (including phenoxy) is 3. The molecule has 0 radical (unpaired) electrons. The first-order valence-electron chi connectivity index (χ1n) is 12.5. The van der Waals surface area contributed by atoms with Gasteiger partial charge in [0, 0.05) is 30.0 Å². The van der Waals surface area contributed by atoms with Crippen molar-refractivity contribution < 1.29 is 23.8 Å². The number of rotatable bonds is 6. The molecule has 3 heterocycles. The zero-order chi connectivity index (χ0) is 28.6. The fraction of sp³-hybridized carbons (Fsp3) is 0.321. The largest absolute Gasteiger partial charge is 0.493 e. The van der Waals surface area contributed by atoms with Crippen LogP contribution >= 0.6 is 11.6 Å². The predicted molar refractivity (Wildman–Crippen MR) is 149 cm³/mol. The van der Waals surface area contributed by atoms with Gasteiger partial charge in [-0.15, -0.1) is 5.10 Å². The van der Waals surface area contributed by atoms with Crippen LogP contribution in [0.1, 0.15) is 35.0 Å². The SMILES string of the molecule is COc1cc2cc(C(=O)N3CCN(C(=O)c4ncn(-c5cccc(Cl)c5)n4)C(C)(C)C3)nc(OC)c2cc1OC. The van der Waals surface area contributed by atoms with Crippen molar-refractivity contribution in [3.63, 3.8) is 0 Å². The highest BCUT2D eigenvalue weighted by atomic mass is 35.5. The molecule has 12 heteroatoms. The molecule has 4 aromatic rings. The van der Waals surface area contributed by atoms with Crippen LogP contribution in [0.15, 0.2) is 48.8 Å².